The second-order valence-corrected chi connectivity index (χ2v) is 7.29. The van der Waals surface area contributed by atoms with Crippen LogP contribution in [0.5, 0.6) is 0 Å². The number of carbonyl (C=O) groups is 1. The maximum absolute atomic E-state index is 14.3. The monoisotopic (exact) mass is 442 g/mol. The van der Waals surface area contributed by atoms with E-state index in [1.54, 1.807) is 47.1 Å². The van der Waals surface area contributed by atoms with Crippen LogP contribution < -0.4 is 5.32 Å². The third-order valence-electron chi connectivity index (χ3n) is 4.56. The summed E-state index contributed by atoms with van der Waals surface area (Å²) in [5.41, 5.74) is 1.80. The van der Waals surface area contributed by atoms with Gasteiger partial charge in [0.05, 0.1) is 21.9 Å². The number of fused-ring (bicyclic) bond motifs is 1. The minimum Gasteiger partial charge on any atom is -0.478 e. The summed E-state index contributed by atoms with van der Waals surface area (Å²) in [6.45, 7) is 0.577. The molecular weight excluding hydrogens is 427 g/mol. The van der Waals surface area contributed by atoms with Gasteiger partial charge in [-0.05, 0) is 40.4 Å². The van der Waals surface area contributed by atoms with Crippen molar-refractivity contribution in [1.82, 2.24) is 14.6 Å². The van der Waals surface area contributed by atoms with Crippen molar-refractivity contribution in [2.45, 2.75) is 6.42 Å². The molecule has 6 nitrogen and oxygen atoms in total. The second-order valence-electron chi connectivity index (χ2n) is 6.43. The Bertz CT molecular complexity index is 1120. The number of nitrogens with zero attached hydrogens (tertiary/aromatic N) is 3. The Labute approximate surface area is 168 Å². The lowest BCUT2D eigenvalue weighted by atomic mass is 9.97. The molecule has 1 unspecified atom stereocenters. The largest absolute Gasteiger partial charge is 0.478 e. The lowest BCUT2D eigenvalue weighted by Gasteiger charge is -2.17. The lowest BCUT2D eigenvalue weighted by molar-refractivity contribution is -0.132. The summed E-state index contributed by atoms with van der Waals surface area (Å²) in [4.78, 5) is 15.5. The Morgan fingerprint density at radius 2 is 2.21 bits per heavy atom. The van der Waals surface area contributed by atoms with Crippen molar-refractivity contribution < 1.29 is 14.3 Å². The molecule has 1 aliphatic rings. The minimum atomic E-state index is -0.922. The van der Waals surface area contributed by atoms with Crippen molar-refractivity contribution in [3.63, 3.8) is 0 Å². The van der Waals surface area contributed by atoms with Gasteiger partial charge in [-0.1, -0.05) is 30.4 Å². The number of allylic oxidation sites excluding steroid dienone is 1. The highest BCUT2D eigenvalue weighted by Crippen LogP contribution is 2.28. The lowest BCUT2D eigenvalue weighted by Crippen LogP contribution is -2.17. The van der Waals surface area contributed by atoms with Crippen LogP contribution in [0.1, 0.15) is 6.42 Å². The van der Waals surface area contributed by atoms with Crippen molar-refractivity contribution in [2.75, 3.05) is 11.9 Å². The third-order valence-corrected chi connectivity index (χ3v) is 5.12. The number of benzene rings is 1. The molecule has 2 aromatic heterocycles. The van der Waals surface area contributed by atoms with Gasteiger partial charge in [0.1, 0.15) is 11.6 Å². The molecular formula is C20H16BrFN4O2. The van der Waals surface area contributed by atoms with E-state index in [9.17, 15) is 9.18 Å². The van der Waals surface area contributed by atoms with Gasteiger partial charge in [-0.15, -0.1) is 0 Å². The molecule has 0 saturated carbocycles. The molecule has 142 valence electrons. The van der Waals surface area contributed by atoms with Crippen molar-refractivity contribution in [3.05, 3.63) is 70.6 Å². The number of aromatic nitrogens is 3. The van der Waals surface area contributed by atoms with Crippen LogP contribution in [0.15, 0.2) is 64.8 Å². The molecule has 0 radical (unpaired) electrons. The average molecular weight is 443 g/mol. The van der Waals surface area contributed by atoms with Gasteiger partial charge >= 0.3 is 5.97 Å². The van der Waals surface area contributed by atoms with E-state index in [1.807, 2.05) is 6.08 Å². The number of halogens is 2. The van der Waals surface area contributed by atoms with Crippen molar-refractivity contribution >= 4 is 33.4 Å². The maximum atomic E-state index is 14.3. The van der Waals surface area contributed by atoms with Crippen molar-refractivity contribution in [3.8, 4) is 11.3 Å². The zero-order valence-electron chi connectivity index (χ0n) is 14.6. The molecule has 1 atom stereocenters. The van der Waals surface area contributed by atoms with Gasteiger partial charge in [-0.3, -0.25) is 0 Å². The highest BCUT2D eigenvalue weighted by molar-refractivity contribution is 9.10. The number of nitrogens with one attached hydrogen (secondary N) is 1. The normalized spacial score (nSPS) is 16.2. The molecule has 0 saturated heterocycles. The predicted octanol–water partition coefficient (Wildman–Crippen LogP) is 4.30. The molecule has 2 N–H and O–H groups in total. The standard InChI is InChI=1S/C20H16BrFN4O2/c21-15-11-24-26-18(23-10-12-5-7-13(8-6-12)20(27)28)9-17(25-19(15)26)14-3-1-2-4-16(14)22/h1-5,7-9,11-12,23H,6,10H2,(H,27,28). The minimum absolute atomic E-state index is 0.141. The van der Waals surface area contributed by atoms with E-state index < -0.39 is 5.97 Å². The fourth-order valence-corrected chi connectivity index (χ4v) is 3.43. The van der Waals surface area contributed by atoms with Crippen LogP contribution in [0.4, 0.5) is 10.2 Å². The van der Waals surface area contributed by atoms with Crippen LogP contribution >= 0.6 is 15.9 Å². The zero-order chi connectivity index (χ0) is 19.7. The summed E-state index contributed by atoms with van der Waals surface area (Å²) in [6.07, 6.45) is 7.48. The van der Waals surface area contributed by atoms with Crippen LogP contribution in [0.3, 0.4) is 0 Å². The fraction of sp³-hybridized carbons (Fsp3) is 0.150. The molecule has 28 heavy (non-hydrogen) atoms. The smallest absolute Gasteiger partial charge is 0.335 e. The number of anilines is 1. The Morgan fingerprint density at radius 3 is 2.93 bits per heavy atom. The Kier molecular flexibility index (Phi) is 4.95. The van der Waals surface area contributed by atoms with Gasteiger partial charge in [0.25, 0.3) is 0 Å². The number of carboxylic acids is 1. The van der Waals surface area contributed by atoms with Gasteiger partial charge in [0.15, 0.2) is 5.65 Å². The van der Waals surface area contributed by atoms with Gasteiger partial charge in [-0.25, -0.2) is 14.2 Å². The van der Waals surface area contributed by atoms with E-state index in [1.165, 1.54) is 6.07 Å². The predicted molar refractivity (Wildman–Crippen MR) is 108 cm³/mol. The topological polar surface area (TPSA) is 79.5 Å². The number of carboxylic acid groups (broad SMARTS) is 1. The van der Waals surface area contributed by atoms with Crippen LogP contribution in [-0.4, -0.2) is 32.2 Å². The molecule has 1 aliphatic carbocycles. The number of rotatable bonds is 5. The SMILES string of the molecule is O=C(O)C1=CCC(CNc2cc(-c3ccccc3F)nc3c(Br)cnn23)C=C1. The Hall–Kier alpha value is -3.00. The first-order chi connectivity index (χ1) is 13.5. The fourth-order valence-electron chi connectivity index (χ4n) is 3.08. The molecule has 4 rings (SSSR count). The van der Waals surface area contributed by atoms with E-state index in [-0.39, 0.29) is 11.7 Å². The molecule has 3 aromatic rings. The molecule has 0 spiro atoms. The van der Waals surface area contributed by atoms with E-state index in [0.717, 1.165) is 0 Å². The van der Waals surface area contributed by atoms with E-state index in [2.05, 4.69) is 31.3 Å². The van der Waals surface area contributed by atoms with Crippen LogP contribution in [0.2, 0.25) is 0 Å². The summed E-state index contributed by atoms with van der Waals surface area (Å²) in [7, 11) is 0. The van der Waals surface area contributed by atoms with Gasteiger partial charge < -0.3 is 10.4 Å². The Morgan fingerprint density at radius 1 is 1.39 bits per heavy atom. The van der Waals surface area contributed by atoms with Crippen molar-refractivity contribution in [1.29, 1.82) is 0 Å². The molecule has 0 aliphatic heterocycles. The third kappa shape index (κ3) is 3.55. The van der Waals surface area contributed by atoms with Gasteiger partial charge in [-0.2, -0.15) is 9.61 Å². The van der Waals surface area contributed by atoms with Crippen LogP contribution in [-0.2, 0) is 4.79 Å². The van der Waals surface area contributed by atoms with E-state index in [4.69, 9.17) is 5.11 Å². The van der Waals surface area contributed by atoms with Gasteiger partial charge in [0.2, 0.25) is 0 Å². The molecule has 0 fully saturated rings. The Balaban J connectivity index is 1.63. The highest BCUT2D eigenvalue weighted by Gasteiger charge is 2.16. The van der Waals surface area contributed by atoms with E-state index in [0.29, 0.717) is 45.7 Å². The summed E-state index contributed by atoms with van der Waals surface area (Å²) >= 11 is 3.43. The first-order valence-electron chi connectivity index (χ1n) is 8.67. The van der Waals surface area contributed by atoms with Gasteiger partial charge in [0, 0.05) is 18.2 Å². The summed E-state index contributed by atoms with van der Waals surface area (Å²) in [5, 5.41) is 16.7. The summed E-state index contributed by atoms with van der Waals surface area (Å²) < 4.78 is 16.6. The zero-order valence-corrected chi connectivity index (χ0v) is 16.2. The summed E-state index contributed by atoms with van der Waals surface area (Å²) in [6, 6.07) is 8.25. The van der Waals surface area contributed by atoms with E-state index >= 15 is 0 Å². The highest BCUT2D eigenvalue weighted by atomic mass is 79.9. The summed E-state index contributed by atoms with van der Waals surface area (Å²) in [5.74, 6) is -0.450. The van der Waals surface area contributed by atoms with Crippen molar-refractivity contribution in [2.24, 2.45) is 5.92 Å². The quantitative estimate of drug-likeness (QED) is 0.615. The number of aliphatic carboxylic acids is 1. The molecule has 8 heteroatoms. The average Bonchev–Trinajstić information content (AvgIpc) is 3.08. The number of hydrogen-bond acceptors (Lipinski definition) is 4. The van der Waals surface area contributed by atoms with Crippen LogP contribution in [0.25, 0.3) is 16.9 Å². The molecule has 2 heterocycles. The maximum Gasteiger partial charge on any atom is 0.335 e. The first kappa shape index (κ1) is 18.4. The first-order valence-corrected chi connectivity index (χ1v) is 9.47. The molecule has 1 aromatic carbocycles. The second kappa shape index (κ2) is 7.55. The molecule has 0 amide bonds. The molecule has 0 bridgehead atoms. The number of hydrogen-bond donors (Lipinski definition) is 2. The van der Waals surface area contributed by atoms with Crippen LogP contribution in [0, 0.1) is 11.7 Å².